The molecule has 0 aliphatic rings. The van der Waals surface area contributed by atoms with E-state index in [1.54, 1.807) is 0 Å². The Hall–Kier alpha value is -2.18. The minimum absolute atomic E-state index is 0.141. The third-order valence-corrected chi connectivity index (χ3v) is 7.26. The molecule has 2 N–H and O–H groups in total. The van der Waals surface area contributed by atoms with Gasteiger partial charge in [0.05, 0.1) is 6.10 Å². The lowest BCUT2D eigenvalue weighted by atomic mass is 10.0. The second-order valence-electron chi connectivity index (χ2n) is 12.4. The van der Waals surface area contributed by atoms with E-state index in [4.69, 9.17) is 9.47 Å². The van der Waals surface area contributed by atoms with Crippen molar-refractivity contribution in [3.63, 3.8) is 0 Å². The number of rotatable bonds is 30. The third-order valence-electron chi connectivity index (χ3n) is 7.26. The minimum atomic E-state index is -0.993. The molecule has 0 amide bonds. The van der Waals surface area contributed by atoms with Crippen molar-refractivity contribution in [2.24, 2.45) is 5.92 Å². The number of hydrogen-bond acceptors (Lipinski definition) is 6. The van der Waals surface area contributed by atoms with Crippen LogP contribution in [0.2, 0.25) is 0 Å². The van der Waals surface area contributed by atoms with Crippen LogP contribution in [0.3, 0.4) is 0 Å². The highest BCUT2D eigenvalue weighted by atomic mass is 16.6. The summed E-state index contributed by atoms with van der Waals surface area (Å²) in [6.07, 6.45) is 35.9. The van der Waals surface area contributed by atoms with Gasteiger partial charge in [-0.15, -0.1) is 0 Å². The molecule has 0 spiro atoms. The Morgan fingerprint density at radius 1 is 0.523 bits per heavy atom. The van der Waals surface area contributed by atoms with Crippen LogP contribution in [0.4, 0.5) is 0 Å². The largest absolute Gasteiger partial charge is 0.463 e. The van der Waals surface area contributed by atoms with E-state index in [2.05, 4.69) is 62.5 Å². The molecule has 0 aliphatic carbocycles. The number of aliphatic hydroxyl groups is 2. The summed E-state index contributed by atoms with van der Waals surface area (Å²) in [6.45, 7) is 6.10. The Bertz CT molecular complexity index is 780. The number of ether oxygens (including phenoxy) is 2. The minimum Gasteiger partial charge on any atom is -0.463 e. The molecule has 0 saturated carbocycles. The van der Waals surface area contributed by atoms with Crippen molar-refractivity contribution in [3.8, 4) is 0 Å². The van der Waals surface area contributed by atoms with E-state index in [9.17, 15) is 19.8 Å². The number of aliphatic hydroxyl groups excluding tert-OH is 2. The molecule has 0 heterocycles. The highest BCUT2D eigenvalue weighted by Gasteiger charge is 2.12. The quantitative estimate of drug-likeness (QED) is 0.0473. The highest BCUT2D eigenvalue weighted by Crippen LogP contribution is 2.13. The maximum atomic E-state index is 11.9. The molecule has 0 saturated heterocycles. The first kappa shape index (κ1) is 41.8. The monoisotopic (exact) mass is 618 g/mol. The fourth-order valence-corrected chi connectivity index (χ4v) is 4.57. The average Bonchev–Trinajstić information content (AvgIpc) is 2.98. The van der Waals surface area contributed by atoms with E-state index < -0.39 is 6.10 Å². The van der Waals surface area contributed by atoms with E-state index in [0.29, 0.717) is 19.3 Å². The lowest BCUT2D eigenvalue weighted by Crippen LogP contribution is -2.25. The van der Waals surface area contributed by atoms with Crippen LogP contribution in [-0.2, 0) is 19.1 Å². The van der Waals surface area contributed by atoms with Gasteiger partial charge in [0.2, 0.25) is 0 Å². The van der Waals surface area contributed by atoms with Crippen LogP contribution in [0.5, 0.6) is 0 Å². The maximum absolute atomic E-state index is 11.9. The molecule has 0 unspecified atom stereocenters. The van der Waals surface area contributed by atoms with Crippen molar-refractivity contribution in [3.05, 3.63) is 48.6 Å². The van der Waals surface area contributed by atoms with Crippen LogP contribution < -0.4 is 0 Å². The zero-order valence-corrected chi connectivity index (χ0v) is 28.4. The molecular weight excluding hydrogens is 552 g/mol. The topological polar surface area (TPSA) is 93.1 Å². The molecule has 0 aromatic carbocycles. The van der Waals surface area contributed by atoms with Gasteiger partial charge in [-0.05, 0) is 70.6 Å². The van der Waals surface area contributed by atoms with Gasteiger partial charge in [0.1, 0.15) is 19.3 Å². The van der Waals surface area contributed by atoms with Crippen molar-refractivity contribution < 1.29 is 29.3 Å². The van der Waals surface area contributed by atoms with E-state index in [1.165, 1.54) is 44.9 Å². The summed E-state index contributed by atoms with van der Waals surface area (Å²) in [7, 11) is 0. The van der Waals surface area contributed by atoms with Gasteiger partial charge in [0.25, 0.3) is 0 Å². The van der Waals surface area contributed by atoms with Crippen molar-refractivity contribution >= 4 is 11.9 Å². The second kappa shape index (κ2) is 32.2. The van der Waals surface area contributed by atoms with E-state index in [1.807, 2.05) is 6.92 Å². The van der Waals surface area contributed by atoms with Crippen LogP contribution in [0.25, 0.3) is 0 Å². The number of carbonyl (C=O) groups is 2. The number of esters is 2. The zero-order valence-electron chi connectivity index (χ0n) is 28.4. The fraction of sp³-hybridized carbons (Fsp3) is 0.737. The van der Waals surface area contributed by atoms with Crippen LogP contribution in [0.1, 0.15) is 149 Å². The first-order chi connectivity index (χ1) is 21.3. The smallest absolute Gasteiger partial charge is 0.305 e. The molecule has 0 radical (unpaired) electrons. The summed E-state index contributed by atoms with van der Waals surface area (Å²) in [4.78, 5) is 23.8. The molecule has 254 valence electrons. The molecule has 0 fully saturated rings. The number of unbranched alkanes of at least 4 members (excludes halogenated alkanes) is 10. The van der Waals surface area contributed by atoms with E-state index >= 15 is 0 Å². The maximum Gasteiger partial charge on any atom is 0.305 e. The lowest BCUT2D eigenvalue weighted by Gasteiger charge is -2.12. The standard InChI is InChI=1S/C38H66O6/c1-34(2)28-24-20-16-12-11-15-19-23-27-31-38(42)44-33-36(40)32-43-37(41)30-26-22-18-14-10-8-6-4-5-7-9-13-17-21-25-29-35(3)39/h5-8,13-14,17-18,34-36,39-40H,4,9-12,15-16,19-33H2,1-3H3/b7-5-,8-6-,17-13-,18-14-/t35-,36-/m1/s1. The van der Waals surface area contributed by atoms with Gasteiger partial charge in [-0.2, -0.15) is 0 Å². The van der Waals surface area contributed by atoms with Gasteiger partial charge in [-0.3, -0.25) is 9.59 Å². The lowest BCUT2D eigenvalue weighted by molar-refractivity contribution is -0.152. The molecule has 0 aromatic rings. The van der Waals surface area contributed by atoms with Gasteiger partial charge in [0, 0.05) is 12.8 Å². The summed E-state index contributed by atoms with van der Waals surface area (Å²) in [6, 6.07) is 0. The Labute approximate surface area is 270 Å². The third kappa shape index (κ3) is 34.3. The van der Waals surface area contributed by atoms with Crippen molar-refractivity contribution in [2.75, 3.05) is 13.2 Å². The van der Waals surface area contributed by atoms with Gasteiger partial charge >= 0.3 is 11.9 Å². The SMILES string of the molecule is CC(C)CCCCCCCCCCCC(=O)OC[C@H](O)COC(=O)CCC/C=C\C/C=C\C/C=C\C/C=C\CCC[C@@H](C)O. The molecule has 0 aromatic heterocycles. The molecular formula is C38H66O6. The van der Waals surface area contributed by atoms with Gasteiger partial charge in [-0.25, -0.2) is 0 Å². The second-order valence-corrected chi connectivity index (χ2v) is 12.4. The molecule has 2 atom stereocenters. The van der Waals surface area contributed by atoms with Crippen molar-refractivity contribution in [1.82, 2.24) is 0 Å². The first-order valence-electron chi connectivity index (χ1n) is 17.6. The average molecular weight is 619 g/mol. The predicted octanol–water partition coefficient (Wildman–Crippen LogP) is 9.50. The Morgan fingerprint density at radius 2 is 0.932 bits per heavy atom. The summed E-state index contributed by atoms with van der Waals surface area (Å²) >= 11 is 0. The molecule has 0 aliphatic heterocycles. The summed E-state index contributed by atoms with van der Waals surface area (Å²) < 4.78 is 10.2. The van der Waals surface area contributed by atoms with Crippen LogP contribution in [0, 0.1) is 5.92 Å². The van der Waals surface area contributed by atoms with Crippen LogP contribution >= 0.6 is 0 Å². The number of hydrogen-bond donors (Lipinski definition) is 2. The summed E-state index contributed by atoms with van der Waals surface area (Å²) in [5.74, 6) is 0.162. The normalized spacial score (nSPS) is 13.6. The molecule has 6 heteroatoms. The van der Waals surface area contributed by atoms with Crippen LogP contribution in [0.15, 0.2) is 48.6 Å². The number of carbonyl (C=O) groups excluding carboxylic acids is 2. The van der Waals surface area contributed by atoms with Crippen molar-refractivity contribution in [1.29, 1.82) is 0 Å². The predicted molar refractivity (Wildman–Crippen MR) is 183 cm³/mol. The Morgan fingerprint density at radius 3 is 1.41 bits per heavy atom. The number of allylic oxidation sites excluding steroid dienone is 8. The Kier molecular flexibility index (Phi) is 30.6. The molecule has 0 bridgehead atoms. The first-order valence-corrected chi connectivity index (χ1v) is 17.6. The summed E-state index contributed by atoms with van der Waals surface area (Å²) in [5.41, 5.74) is 0. The zero-order chi connectivity index (χ0) is 32.5. The Balaban J connectivity index is 3.58. The fourth-order valence-electron chi connectivity index (χ4n) is 4.57. The van der Waals surface area contributed by atoms with Gasteiger partial charge in [-0.1, -0.05) is 120 Å². The van der Waals surface area contributed by atoms with Gasteiger partial charge < -0.3 is 19.7 Å². The highest BCUT2D eigenvalue weighted by molar-refractivity contribution is 5.69. The van der Waals surface area contributed by atoms with E-state index in [0.717, 1.165) is 70.1 Å². The summed E-state index contributed by atoms with van der Waals surface area (Å²) in [5, 5.41) is 19.2. The van der Waals surface area contributed by atoms with E-state index in [-0.39, 0.29) is 31.3 Å². The molecule has 6 nitrogen and oxygen atoms in total. The molecule has 0 rings (SSSR count). The molecule has 44 heavy (non-hydrogen) atoms. The van der Waals surface area contributed by atoms with Crippen LogP contribution in [-0.4, -0.2) is 47.6 Å². The van der Waals surface area contributed by atoms with Gasteiger partial charge in [0.15, 0.2) is 0 Å². The van der Waals surface area contributed by atoms with Crippen molar-refractivity contribution in [2.45, 2.75) is 161 Å².